The van der Waals surface area contributed by atoms with E-state index in [0.29, 0.717) is 5.11 Å². The van der Waals surface area contributed by atoms with Crippen molar-refractivity contribution in [3.05, 3.63) is 23.8 Å². The maximum absolute atomic E-state index is 5.18. The Balaban J connectivity index is 2.71. The number of anilines is 1. The van der Waals surface area contributed by atoms with Crippen molar-refractivity contribution < 1.29 is 4.74 Å². The monoisotopic (exact) mass is 224 g/mol. The molecule has 0 bridgehead atoms. The van der Waals surface area contributed by atoms with Gasteiger partial charge in [0, 0.05) is 12.2 Å². The van der Waals surface area contributed by atoms with Crippen molar-refractivity contribution in [2.24, 2.45) is 0 Å². The molecule has 0 aromatic heterocycles. The molecular weight excluding hydrogens is 208 g/mol. The van der Waals surface area contributed by atoms with Crippen molar-refractivity contribution in [2.45, 2.75) is 13.8 Å². The van der Waals surface area contributed by atoms with Gasteiger partial charge < -0.3 is 15.4 Å². The SMILES string of the molecule is CCNC(=S)Nc1ccc(OC)c(C)c1. The Morgan fingerprint density at radius 3 is 2.73 bits per heavy atom. The molecule has 4 heteroatoms. The Morgan fingerprint density at radius 2 is 2.20 bits per heavy atom. The summed E-state index contributed by atoms with van der Waals surface area (Å²) in [5, 5.41) is 6.77. The number of ether oxygens (including phenoxy) is 1. The van der Waals surface area contributed by atoms with Crippen molar-refractivity contribution in [2.75, 3.05) is 19.0 Å². The molecule has 0 amide bonds. The predicted octanol–water partition coefficient (Wildman–Crippen LogP) is 2.31. The zero-order valence-electron chi connectivity index (χ0n) is 9.26. The summed E-state index contributed by atoms with van der Waals surface area (Å²) in [4.78, 5) is 0. The van der Waals surface area contributed by atoms with Crippen LogP contribution >= 0.6 is 12.2 Å². The summed E-state index contributed by atoms with van der Waals surface area (Å²) in [6, 6.07) is 5.87. The van der Waals surface area contributed by atoms with Gasteiger partial charge in [0.25, 0.3) is 0 Å². The smallest absolute Gasteiger partial charge is 0.170 e. The third-order valence-corrected chi connectivity index (χ3v) is 2.24. The summed E-state index contributed by atoms with van der Waals surface area (Å²) in [5.74, 6) is 0.884. The Bertz CT molecular complexity index is 352. The highest BCUT2D eigenvalue weighted by Crippen LogP contribution is 2.21. The molecule has 0 spiro atoms. The first-order chi connectivity index (χ1) is 7.17. The second-order valence-corrected chi connectivity index (χ2v) is 3.58. The molecule has 0 aliphatic heterocycles. The topological polar surface area (TPSA) is 33.3 Å². The lowest BCUT2D eigenvalue weighted by molar-refractivity contribution is 0.412. The number of methoxy groups -OCH3 is 1. The van der Waals surface area contributed by atoms with E-state index >= 15 is 0 Å². The van der Waals surface area contributed by atoms with Gasteiger partial charge in [0.05, 0.1) is 7.11 Å². The quantitative estimate of drug-likeness (QED) is 0.772. The van der Waals surface area contributed by atoms with E-state index in [1.807, 2.05) is 32.0 Å². The molecular formula is C11H16N2OS. The maximum Gasteiger partial charge on any atom is 0.170 e. The van der Waals surface area contributed by atoms with Crippen LogP contribution in [0.5, 0.6) is 5.75 Å². The van der Waals surface area contributed by atoms with E-state index in [9.17, 15) is 0 Å². The van der Waals surface area contributed by atoms with Crippen molar-refractivity contribution in [1.82, 2.24) is 5.32 Å². The van der Waals surface area contributed by atoms with E-state index in [1.165, 1.54) is 0 Å². The van der Waals surface area contributed by atoms with Gasteiger partial charge in [0.1, 0.15) is 5.75 Å². The predicted molar refractivity (Wildman–Crippen MR) is 67.6 cm³/mol. The van der Waals surface area contributed by atoms with Crippen LogP contribution in [-0.4, -0.2) is 18.8 Å². The molecule has 3 nitrogen and oxygen atoms in total. The van der Waals surface area contributed by atoms with Crippen LogP contribution in [0.3, 0.4) is 0 Å². The lowest BCUT2D eigenvalue weighted by Crippen LogP contribution is -2.27. The first-order valence-corrected chi connectivity index (χ1v) is 5.27. The van der Waals surface area contributed by atoms with Crippen molar-refractivity contribution >= 4 is 23.0 Å². The second-order valence-electron chi connectivity index (χ2n) is 3.17. The minimum absolute atomic E-state index is 0.641. The first kappa shape index (κ1) is 11.8. The Hall–Kier alpha value is -1.29. The molecule has 0 fully saturated rings. The molecule has 0 unspecified atom stereocenters. The molecule has 0 aliphatic carbocycles. The highest BCUT2D eigenvalue weighted by Gasteiger charge is 2.00. The van der Waals surface area contributed by atoms with Crippen LogP contribution in [0.2, 0.25) is 0 Å². The van der Waals surface area contributed by atoms with Crippen LogP contribution in [-0.2, 0) is 0 Å². The van der Waals surface area contributed by atoms with E-state index in [2.05, 4.69) is 10.6 Å². The number of hydrogen-bond donors (Lipinski definition) is 2. The number of benzene rings is 1. The van der Waals surface area contributed by atoms with Crippen LogP contribution in [0.1, 0.15) is 12.5 Å². The number of nitrogens with one attached hydrogen (secondary N) is 2. The van der Waals surface area contributed by atoms with Crippen molar-refractivity contribution in [1.29, 1.82) is 0 Å². The molecule has 2 N–H and O–H groups in total. The summed E-state index contributed by atoms with van der Waals surface area (Å²) in [5.41, 5.74) is 2.06. The standard InChI is InChI=1S/C11H16N2OS/c1-4-12-11(15)13-9-5-6-10(14-3)8(2)7-9/h5-7H,4H2,1-3H3,(H2,12,13,15). The van der Waals surface area contributed by atoms with Gasteiger partial charge in [-0.25, -0.2) is 0 Å². The number of hydrogen-bond acceptors (Lipinski definition) is 2. The van der Waals surface area contributed by atoms with Crippen molar-refractivity contribution in [3.63, 3.8) is 0 Å². The van der Waals surface area contributed by atoms with Crippen LogP contribution in [0.4, 0.5) is 5.69 Å². The summed E-state index contributed by atoms with van der Waals surface area (Å²) in [6.45, 7) is 4.83. The average molecular weight is 224 g/mol. The minimum Gasteiger partial charge on any atom is -0.496 e. The summed E-state index contributed by atoms with van der Waals surface area (Å²) < 4.78 is 5.18. The molecule has 0 radical (unpaired) electrons. The van der Waals surface area contributed by atoms with E-state index in [0.717, 1.165) is 23.5 Å². The molecule has 82 valence electrons. The van der Waals surface area contributed by atoms with Gasteiger partial charge in [-0.05, 0) is 49.8 Å². The summed E-state index contributed by atoms with van der Waals surface area (Å²) >= 11 is 5.09. The van der Waals surface area contributed by atoms with Gasteiger partial charge in [0.15, 0.2) is 5.11 Å². The fourth-order valence-corrected chi connectivity index (χ4v) is 1.55. The normalized spacial score (nSPS) is 9.53. The second kappa shape index (κ2) is 5.56. The highest BCUT2D eigenvalue weighted by atomic mass is 32.1. The van der Waals surface area contributed by atoms with Crippen LogP contribution in [0.15, 0.2) is 18.2 Å². The molecule has 0 atom stereocenters. The summed E-state index contributed by atoms with van der Waals surface area (Å²) in [7, 11) is 1.67. The number of rotatable bonds is 3. The molecule has 1 aromatic carbocycles. The number of thiocarbonyl (C=S) groups is 1. The van der Waals surface area contributed by atoms with Gasteiger partial charge in [-0.1, -0.05) is 0 Å². The van der Waals surface area contributed by atoms with E-state index in [4.69, 9.17) is 17.0 Å². The molecule has 15 heavy (non-hydrogen) atoms. The maximum atomic E-state index is 5.18. The molecule has 1 aromatic rings. The van der Waals surface area contributed by atoms with Gasteiger partial charge in [-0.3, -0.25) is 0 Å². The van der Waals surface area contributed by atoms with Crippen LogP contribution < -0.4 is 15.4 Å². The molecule has 0 saturated heterocycles. The van der Waals surface area contributed by atoms with Gasteiger partial charge in [-0.2, -0.15) is 0 Å². The van der Waals surface area contributed by atoms with E-state index < -0.39 is 0 Å². The molecule has 1 rings (SSSR count). The van der Waals surface area contributed by atoms with Crippen LogP contribution in [0, 0.1) is 6.92 Å². The minimum atomic E-state index is 0.641. The molecule has 0 heterocycles. The largest absolute Gasteiger partial charge is 0.496 e. The van der Waals surface area contributed by atoms with Gasteiger partial charge >= 0.3 is 0 Å². The van der Waals surface area contributed by atoms with Crippen LogP contribution in [0.25, 0.3) is 0 Å². The summed E-state index contributed by atoms with van der Waals surface area (Å²) in [6.07, 6.45) is 0. The average Bonchev–Trinajstić information content (AvgIpc) is 2.18. The number of aryl methyl sites for hydroxylation is 1. The third kappa shape index (κ3) is 3.40. The van der Waals surface area contributed by atoms with Gasteiger partial charge in [-0.15, -0.1) is 0 Å². The lowest BCUT2D eigenvalue weighted by Gasteiger charge is -2.11. The Kier molecular flexibility index (Phi) is 4.37. The Labute approximate surface area is 95.8 Å². The fourth-order valence-electron chi connectivity index (χ4n) is 1.29. The van der Waals surface area contributed by atoms with E-state index in [1.54, 1.807) is 7.11 Å². The third-order valence-electron chi connectivity index (χ3n) is 1.99. The molecule has 0 aliphatic rings. The lowest BCUT2D eigenvalue weighted by atomic mass is 10.2. The van der Waals surface area contributed by atoms with E-state index in [-0.39, 0.29) is 0 Å². The fraction of sp³-hybridized carbons (Fsp3) is 0.364. The highest BCUT2D eigenvalue weighted by molar-refractivity contribution is 7.80. The Morgan fingerprint density at radius 1 is 1.47 bits per heavy atom. The zero-order valence-corrected chi connectivity index (χ0v) is 10.1. The zero-order chi connectivity index (χ0) is 11.3. The molecule has 0 saturated carbocycles. The van der Waals surface area contributed by atoms with Gasteiger partial charge in [0.2, 0.25) is 0 Å². The van der Waals surface area contributed by atoms with Crippen molar-refractivity contribution in [3.8, 4) is 5.75 Å². The first-order valence-electron chi connectivity index (χ1n) is 4.87.